The fourth-order valence-electron chi connectivity index (χ4n) is 1.73. The Kier molecular flexibility index (Phi) is 2.64. The first-order chi connectivity index (χ1) is 7.61. The predicted octanol–water partition coefficient (Wildman–Crippen LogP) is 2.16. The van der Waals surface area contributed by atoms with Gasteiger partial charge in [0.2, 0.25) is 0 Å². The lowest BCUT2D eigenvalue weighted by Gasteiger charge is -2.03. The van der Waals surface area contributed by atoms with E-state index in [1.807, 2.05) is 37.0 Å². The molecular weight excluding hydrogens is 200 g/mol. The van der Waals surface area contributed by atoms with Crippen LogP contribution in [0, 0.1) is 13.8 Å². The van der Waals surface area contributed by atoms with Crippen molar-refractivity contribution in [3.63, 3.8) is 0 Å². The smallest absolute Gasteiger partial charge is 0.0965 e. The van der Waals surface area contributed by atoms with Gasteiger partial charge >= 0.3 is 0 Å². The summed E-state index contributed by atoms with van der Waals surface area (Å²) in [6.07, 6.45) is 3.82. The maximum Gasteiger partial charge on any atom is 0.0965 e. The van der Waals surface area contributed by atoms with E-state index in [1.54, 1.807) is 0 Å². The lowest BCUT2D eigenvalue weighted by molar-refractivity contribution is 0.653. The molecule has 84 valence electrons. The Bertz CT molecular complexity index is 514. The highest BCUT2D eigenvalue weighted by atomic mass is 15.3. The summed E-state index contributed by atoms with van der Waals surface area (Å²) in [5, 5.41) is 4.39. The van der Waals surface area contributed by atoms with E-state index in [9.17, 15) is 0 Å². The molecule has 0 aliphatic heterocycles. The molecule has 0 saturated carbocycles. The maximum absolute atomic E-state index is 5.97. The Balaban J connectivity index is 2.53. The molecule has 2 rings (SSSR count). The van der Waals surface area contributed by atoms with Crippen LogP contribution in [0.5, 0.6) is 0 Å². The summed E-state index contributed by atoms with van der Waals surface area (Å²) < 4.78 is 1.89. The normalized spacial score (nSPS) is 10.7. The highest BCUT2D eigenvalue weighted by molar-refractivity contribution is 5.73. The second-order valence-corrected chi connectivity index (χ2v) is 3.93. The van der Waals surface area contributed by atoms with Crippen LogP contribution in [0.1, 0.15) is 18.2 Å². The highest BCUT2D eigenvalue weighted by Gasteiger charge is 2.11. The first kappa shape index (κ1) is 10.7. The fraction of sp³-hybridized carbons (Fsp3) is 0.333. The molecule has 0 unspecified atom stereocenters. The molecule has 0 aromatic carbocycles. The zero-order valence-electron chi connectivity index (χ0n) is 9.86. The van der Waals surface area contributed by atoms with Crippen molar-refractivity contribution in [1.82, 2.24) is 14.8 Å². The van der Waals surface area contributed by atoms with Crippen LogP contribution in [0.3, 0.4) is 0 Å². The van der Waals surface area contributed by atoms with Crippen molar-refractivity contribution in [2.45, 2.75) is 27.3 Å². The molecule has 4 nitrogen and oxygen atoms in total. The van der Waals surface area contributed by atoms with Crippen molar-refractivity contribution in [1.29, 1.82) is 0 Å². The average Bonchev–Trinajstić information content (AvgIpc) is 2.60. The maximum atomic E-state index is 5.97. The number of nitrogens with zero attached hydrogens (tertiary/aromatic N) is 3. The number of pyridine rings is 1. The molecule has 2 heterocycles. The van der Waals surface area contributed by atoms with Crippen molar-refractivity contribution >= 4 is 5.69 Å². The minimum absolute atomic E-state index is 0.707. The summed E-state index contributed by atoms with van der Waals surface area (Å²) in [6.45, 7) is 6.87. The average molecular weight is 216 g/mol. The number of nitrogens with two attached hydrogens (primary N) is 1. The topological polar surface area (TPSA) is 56.7 Å². The first-order valence-electron chi connectivity index (χ1n) is 5.38. The summed E-state index contributed by atoms with van der Waals surface area (Å²) >= 11 is 0. The van der Waals surface area contributed by atoms with E-state index >= 15 is 0 Å². The number of hydrogen-bond acceptors (Lipinski definition) is 3. The summed E-state index contributed by atoms with van der Waals surface area (Å²) in [4.78, 5) is 4.38. The van der Waals surface area contributed by atoms with Gasteiger partial charge in [0, 0.05) is 24.5 Å². The molecule has 0 radical (unpaired) electrons. The Labute approximate surface area is 95.1 Å². The molecule has 16 heavy (non-hydrogen) atoms. The van der Waals surface area contributed by atoms with Gasteiger partial charge in [0.1, 0.15) is 0 Å². The van der Waals surface area contributed by atoms with Gasteiger partial charge in [0.25, 0.3) is 0 Å². The zero-order chi connectivity index (χ0) is 11.7. The third kappa shape index (κ3) is 1.78. The van der Waals surface area contributed by atoms with Crippen LogP contribution in [0.15, 0.2) is 18.5 Å². The minimum atomic E-state index is 0.707. The molecule has 0 amide bonds. The SMILES string of the molecule is CCn1cc(-c2ncc(C)cc2N)c(C)n1. The molecule has 0 spiro atoms. The number of anilines is 1. The van der Waals surface area contributed by atoms with Crippen LogP contribution < -0.4 is 5.73 Å². The number of hydrogen-bond donors (Lipinski definition) is 1. The first-order valence-corrected chi connectivity index (χ1v) is 5.38. The number of aryl methyl sites for hydroxylation is 3. The molecule has 0 fully saturated rings. The summed E-state index contributed by atoms with van der Waals surface area (Å²) in [7, 11) is 0. The van der Waals surface area contributed by atoms with Crippen LogP contribution in [0.4, 0.5) is 5.69 Å². The van der Waals surface area contributed by atoms with Crippen molar-refractivity contribution in [3.8, 4) is 11.3 Å². The Morgan fingerprint density at radius 1 is 1.38 bits per heavy atom. The molecule has 0 bridgehead atoms. The fourth-order valence-corrected chi connectivity index (χ4v) is 1.73. The van der Waals surface area contributed by atoms with Crippen molar-refractivity contribution < 1.29 is 0 Å². The number of aromatic nitrogens is 3. The van der Waals surface area contributed by atoms with Gasteiger partial charge in [0.15, 0.2) is 0 Å². The second-order valence-electron chi connectivity index (χ2n) is 3.93. The van der Waals surface area contributed by atoms with E-state index in [-0.39, 0.29) is 0 Å². The molecule has 2 aromatic rings. The van der Waals surface area contributed by atoms with Gasteiger partial charge in [-0.15, -0.1) is 0 Å². The number of nitrogen functional groups attached to an aromatic ring is 1. The summed E-state index contributed by atoms with van der Waals surface area (Å²) in [5.41, 5.74) is 10.5. The molecule has 2 aromatic heterocycles. The van der Waals surface area contributed by atoms with Crippen molar-refractivity contribution in [2.75, 3.05) is 5.73 Å². The van der Waals surface area contributed by atoms with Gasteiger partial charge in [-0.3, -0.25) is 9.67 Å². The zero-order valence-corrected chi connectivity index (χ0v) is 9.86. The second kappa shape index (κ2) is 3.96. The van der Waals surface area contributed by atoms with E-state index in [4.69, 9.17) is 5.73 Å². The largest absolute Gasteiger partial charge is 0.397 e. The van der Waals surface area contributed by atoms with E-state index in [0.29, 0.717) is 5.69 Å². The van der Waals surface area contributed by atoms with Crippen molar-refractivity contribution in [2.24, 2.45) is 0 Å². The quantitative estimate of drug-likeness (QED) is 0.837. The molecule has 0 saturated heterocycles. The third-order valence-corrected chi connectivity index (χ3v) is 2.58. The van der Waals surface area contributed by atoms with E-state index in [0.717, 1.165) is 29.1 Å². The Hall–Kier alpha value is -1.84. The number of rotatable bonds is 2. The van der Waals surface area contributed by atoms with Gasteiger partial charge in [-0.2, -0.15) is 5.10 Å². The molecule has 0 atom stereocenters. The molecule has 0 aliphatic rings. The van der Waals surface area contributed by atoms with E-state index in [1.165, 1.54) is 0 Å². The van der Waals surface area contributed by atoms with Crippen molar-refractivity contribution in [3.05, 3.63) is 29.7 Å². The highest BCUT2D eigenvalue weighted by Crippen LogP contribution is 2.26. The summed E-state index contributed by atoms with van der Waals surface area (Å²) in [6, 6.07) is 1.94. The van der Waals surface area contributed by atoms with Gasteiger partial charge in [-0.1, -0.05) is 0 Å². The van der Waals surface area contributed by atoms with Crippen LogP contribution in [0.2, 0.25) is 0 Å². The molecular formula is C12H16N4. The molecule has 4 heteroatoms. The Morgan fingerprint density at radius 2 is 2.12 bits per heavy atom. The van der Waals surface area contributed by atoms with Gasteiger partial charge in [-0.05, 0) is 32.4 Å². The van der Waals surface area contributed by atoms with Crippen LogP contribution in [-0.4, -0.2) is 14.8 Å². The van der Waals surface area contributed by atoms with E-state index < -0.39 is 0 Å². The Morgan fingerprint density at radius 3 is 2.69 bits per heavy atom. The van der Waals surface area contributed by atoms with Crippen LogP contribution in [0.25, 0.3) is 11.3 Å². The standard InChI is InChI=1S/C12H16N4/c1-4-16-7-10(9(3)15-16)12-11(13)5-8(2)6-14-12/h5-7H,4,13H2,1-3H3. The van der Waals surface area contributed by atoms with Gasteiger partial charge < -0.3 is 5.73 Å². The lowest BCUT2D eigenvalue weighted by Crippen LogP contribution is -1.94. The summed E-state index contributed by atoms with van der Waals surface area (Å²) in [5.74, 6) is 0. The van der Waals surface area contributed by atoms with E-state index in [2.05, 4.69) is 17.0 Å². The van der Waals surface area contributed by atoms with Gasteiger partial charge in [-0.25, -0.2) is 0 Å². The minimum Gasteiger partial charge on any atom is -0.397 e. The molecule has 0 aliphatic carbocycles. The predicted molar refractivity (Wildman–Crippen MR) is 65.0 cm³/mol. The van der Waals surface area contributed by atoms with Gasteiger partial charge in [0.05, 0.1) is 17.1 Å². The molecule has 2 N–H and O–H groups in total. The monoisotopic (exact) mass is 216 g/mol. The lowest BCUT2D eigenvalue weighted by atomic mass is 10.1. The van der Waals surface area contributed by atoms with Crippen LogP contribution >= 0.6 is 0 Å². The third-order valence-electron chi connectivity index (χ3n) is 2.58. The van der Waals surface area contributed by atoms with Crippen LogP contribution in [-0.2, 0) is 6.54 Å².